The third-order valence-corrected chi connectivity index (χ3v) is 5.42. The maximum Gasteiger partial charge on any atom is 0.449 e. The summed E-state index contributed by atoms with van der Waals surface area (Å²) in [5, 5.41) is 2.51. The minimum atomic E-state index is -4.74. The minimum absolute atomic E-state index is 0.120. The van der Waals surface area contributed by atoms with Gasteiger partial charge in [0.15, 0.2) is 11.6 Å². The highest BCUT2D eigenvalue weighted by molar-refractivity contribution is 6.28. The van der Waals surface area contributed by atoms with Gasteiger partial charge in [-0.1, -0.05) is 36.4 Å². The van der Waals surface area contributed by atoms with Crippen molar-refractivity contribution in [1.82, 2.24) is 9.55 Å². The van der Waals surface area contributed by atoms with Gasteiger partial charge >= 0.3 is 6.18 Å². The molecule has 0 saturated heterocycles. The highest BCUT2D eigenvalue weighted by atomic mass is 19.4. The van der Waals surface area contributed by atoms with Crippen LogP contribution in [0.4, 0.5) is 18.9 Å². The number of para-hydroxylation sites is 2. The first kappa shape index (κ1) is 20.6. The lowest BCUT2D eigenvalue weighted by Gasteiger charge is -2.18. The molecular weight excluding hydrogens is 435 g/mol. The van der Waals surface area contributed by atoms with Gasteiger partial charge in [-0.05, 0) is 30.3 Å². The molecule has 4 aromatic rings. The van der Waals surface area contributed by atoms with E-state index < -0.39 is 24.5 Å². The maximum absolute atomic E-state index is 13.5. The van der Waals surface area contributed by atoms with Gasteiger partial charge in [-0.15, -0.1) is 0 Å². The topological polar surface area (TPSA) is 81.1 Å². The lowest BCUT2D eigenvalue weighted by atomic mass is 9.84. The number of carbonyl (C=O) groups is 3. The third-order valence-electron chi connectivity index (χ3n) is 5.42. The molecule has 0 bridgehead atoms. The zero-order valence-electron chi connectivity index (χ0n) is 16.8. The Morgan fingerprint density at radius 2 is 1.45 bits per heavy atom. The van der Waals surface area contributed by atoms with Crippen LogP contribution in [0.25, 0.3) is 11.0 Å². The quantitative estimate of drug-likeness (QED) is 0.441. The largest absolute Gasteiger partial charge is 0.449 e. The molecule has 33 heavy (non-hydrogen) atoms. The number of hydrogen-bond acceptors (Lipinski definition) is 4. The Labute approximate surface area is 184 Å². The smallest absolute Gasteiger partial charge is 0.325 e. The van der Waals surface area contributed by atoms with Crippen LogP contribution in [0.2, 0.25) is 0 Å². The van der Waals surface area contributed by atoms with Gasteiger partial charge < -0.3 is 9.88 Å². The van der Waals surface area contributed by atoms with Crippen LogP contribution in [0.1, 0.15) is 37.7 Å². The molecule has 3 aromatic carbocycles. The third kappa shape index (κ3) is 3.47. The Bertz CT molecular complexity index is 1470. The van der Waals surface area contributed by atoms with Crippen molar-refractivity contribution in [2.45, 2.75) is 12.7 Å². The second kappa shape index (κ2) is 7.40. The molecule has 6 nitrogen and oxygen atoms in total. The van der Waals surface area contributed by atoms with Gasteiger partial charge in [0.1, 0.15) is 6.54 Å². The Kier molecular flexibility index (Phi) is 4.63. The van der Waals surface area contributed by atoms with E-state index >= 15 is 0 Å². The Morgan fingerprint density at radius 3 is 2.15 bits per heavy atom. The standard InChI is InChI=1S/C24H14F3N3O3/c25-24(26,27)23-29-18-7-3-4-8-19(18)30(23)12-20(31)28-13-9-10-16-17(11-13)22(33)15-6-2-1-5-14(15)21(16)32/h1-11H,12H2,(H,28,31). The maximum atomic E-state index is 13.5. The molecule has 164 valence electrons. The Balaban J connectivity index is 1.45. The van der Waals surface area contributed by atoms with E-state index in [9.17, 15) is 27.6 Å². The number of fused-ring (bicyclic) bond motifs is 3. The van der Waals surface area contributed by atoms with E-state index in [0.29, 0.717) is 5.56 Å². The second-order valence-electron chi connectivity index (χ2n) is 7.52. The van der Waals surface area contributed by atoms with Crippen LogP contribution in [-0.2, 0) is 17.5 Å². The average molecular weight is 449 g/mol. The molecule has 9 heteroatoms. The van der Waals surface area contributed by atoms with Gasteiger partial charge in [0.2, 0.25) is 11.7 Å². The number of alkyl halides is 3. The molecule has 1 aromatic heterocycles. The SMILES string of the molecule is O=C(Cn1c(C(F)(F)F)nc2ccccc21)Nc1ccc2c(c1)C(=O)c1ccccc1C2=O. The van der Waals surface area contributed by atoms with Crippen molar-refractivity contribution in [3.63, 3.8) is 0 Å². The number of benzene rings is 3. The van der Waals surface area contributed by atoms with Crippen LogP contribution in [0, 0.1) is 0 Å². The van der Waals surface area contributed by atoms with E-state index in [1.165, 1.54) is 30.3 Å². The fraction of sp³-hybridized carbons (Fsp3) is 0.0833. The summed E-state index contributed by atoms with van der Waals surface area (Å²) in [4.78, 5) is 41.8. The summed E-state index contributed by atoms with van der Waals surface area (Å²) in [7, 11) is 0. The lowest BCUT2D eigenvalue weighted by Crippen LogP contribution is -2.24. The van der Waals surface area contributed by atoms with Crippen molar-refractivity contribution in [1.29, 1.82) is 0 Å². The van der Waals surface area contributed by atoms with E-state index in [2.05, 4.69) is 10.3 Å². The van der Waals surface area contributed by atoms with E-state index in [0.717, 1.165) is 4.57 Å². The molecule has 5 rings (SSSR count). The van der Waals surface area contributed by atoms with Gasteiger partial charge in [0, 0.05) is 27.9 Å². The Morgan fingerprint density at radius 1 is 0.848 bits per heavy atom. The number of rotatable bonds is 3. The molecule has 0 atom stereocenters. The van der Waals surface area contributed by atoms with Crippen LogP contribution < -0.4 is 5.32 Å². The molecule has 1 heterocycles. The van der Waals surface area contributed by atoms with Crippen LogP contribution in [-0.4, -0.2) is 27.0 Å². The number of carbonyl (C=O) groups excluding carboxylic acids is 3. The minimum Gasteiger partial charge on any atom is -0.325 e. The first-order chi connectivity index (χ1) is 15.7. The molecule has 0 saturated carbocycles. The van der Waals surface area contributed by atoms with Crippen LogP contribution in [0.15, 0.2) is 66.7 Å². The monoisotopic (exact) mass is 449 g/mol. The molecule has 0 spiro atoms. The van der Waals surface area contributed by atoms with Crippen molar-refractivity contribution >= 4 is 34.2 Å². The van der Waals surface area contributed by atoms with Gasteiger partial charge in [0.25, 0.3) is 0 Å². The number of nitrogens with zero attached hydrogens (tertiary/aromatic N) is 2. The van der Waals surface area contributed by atoms with Crippen molar-refractivity contribution < 1.29 is 27.6 Å². The summed E-state index contributed by atoms with van der Waals surface area (Å²) in [6.45, 7) is -0.637. The number of aromatic nitrogens is 2. The summed E-state index contributed by atoms with van der Waals surface area (Å²) < 4.78 is 41.2. The number of imidazole rings is 1. The molecule has 1 N–H and O–H groups in total. The predicted octanol–water partition coefficient (Wildman–Crippen LogP) is 4.47. The number of anilines is 1. The van der Waals surface area contributed by atoms with Crippen LogP contribution >= 0.6 is 0 Å². The van der Waals surface area contributed by atoms with Crippen molar-refractivity contribution in [3.8, 4) is 0 Å². The average Bonchev–Trinajstić information content (AvgIpc) is 3.16. The summed E-state index contributed by atoms with van der Waals surface area (Å²) in [5.74, 6) is -2.59. The molecule has 0 aliphatic heterocycles. The van der Waals surface area contributed by atoms with Crippen LogP contribution in [0.3, 0.4) is 0 Å². The fourth-order valence-electron chi connectivity index (χ4n) is 3.97. The second-order valence-corrected chi connectivity index (χ2v) is 7.52. The molecule has 1 amide bonds. The van der Waals surface area contributed by atoms with Gasteiger partial charge in [-0.3, -0.25) is 14.4 Å². The van der Waals surface area contributed by atoms with Crippen molar-refractivity contribution in [2.75, 3.05) is 5.32 Å². The summed E-state index contributed by atoms with van der Waals surface area (Å²) >= 11 is 0. The highest BCUT2D eigenvalue weighted by Gasteiger charge is 2.38. The van der Waals surface area contributed by atoms with E-state index in [4.69, 9.17) is 0 Å². The van der Waals surface area contributed by atoms with E-state index in [1.54, 1.807) is 36.4 Å². The molecule has 1 aliphatic rings. The molecule has 1 aliphatic carbocycles. The van der Waals surface area contributed by atoms with Crippen molar-refractivity contribution in [3.05, 3.63) is 94.8 Å². The molecule has 0 radical (unpaired) electrons. The number of halogens is 3. The first-order valence-corrected chi connectivity index (χ1v) is 9.89. The van der Waals surface area contributed by atoms with Gasteiger partial charge in [0.05, 0.1) is 11.0 Å². The first-order valence-electron chi connectivity index (χ1n) is 9.89. The normalized spacial score (nSPS) is 13.1. The molecule has 0 fully saturated rings. The van der Waals surface area contributed by atoms with Crippen LogP contribution in [0.5, 0.6) is 0 Å². The lowest BCUT2D eigenvalue weighted by molar-refractivity contribution is -0.147. The highest BCUT2D eigenvalue weighted by Crippen LogP contribution is 2.32. The zero-order chi connectivity index (χ0) is 23.3. The Hall–Kier alpha value is -4.27. The number of nitrogens with one attached hydrogen (secondary N) is 1. The molecular formula is C24H14F3N3O3. The van der Waals surface area contributed by atoms with Crippen molar-refractivity contribution in [2.24, 2.45) is 0 Å². The summed E-state index contributed by atoms with van der Waals surface area (Å²) in [6, 6.07) is 16.7. The summed E-state index contributed by atoms with van der Waals surface area (Å²) in [5.41, 5.74) is 1.38. The molecule has 0 unspecified atom stereocenters. The predicted molar refractivity (Wildman–Crippen MR) is 113 cm³/mol. The number of amides is 1. The number of ketones is 2. The fourth-order valence-corrected chi connectivity index (χ4v) is 3.97. The van der Waals surface area contributed by atoms with E-state index in [1.807, 2.05) is 0 Å². The summed E-state index contributed by atoms with van der Waals surface area (Å²) in [6.07, 6.45) is -4.74. The van der Waals surface area contributed by atoms with Gasteiger partial charge in [-0.2, -0.15) is 13.2 Å². The van der Waals surface area contributed by atoms with E-state index in [-0.39, 0.29) is 45.0 Å². The number of hydrogen-bond donors (Lipinski definition) is 1. The van der Waals surface area contributed by atoms with Gasteiger partial charge in [-0.25, -0.2) is 4.98 Å². The zero-order valence-corrected chi connectivity index (χ0v) is 16.8.